The second-order valence-electron chi connectivity index (χ2n) is 2.94. The molecule has 0 amide bonds. The van der Waals surface area contributed by atoms with Gasteiger partial charge in [0.25, 0.3) is 0 Å². The summed E-state index contributed by atoms with van der Waals surface area (Å²) < 4.78 is 5.02. The first kappa shape index (κ1) is 9.58. The van der Waals surface area contributed by atoms with Gasteiger partial charge in [-0.3, -0.25) is 4.79 Å². The van der Waals surface area contributed by atoms with Gasteiger partial charge >= 0.3 is 0 Å². The van der Waals surface area contributed by atoms with Crippen LogP contribution in [0.1, 0.15) is 10.4 Å². The molecule has 0 unspecified atom stereocenters. The van der Waals surface area contributed by atoms with Crippen LogP contribution in [0.2, 0.25) is 0 Å². The van der Waals surface area contributed by atoms with Crippen molar-refractivity contribution < 1.29 is 9.53 Å². The zero-order valence-corrected chi connectivity index (χ0v) is 8.07. The first-order valence-corrected chi connectivity index (χ1v) is 3.99. The van der Waals surface area contributed by atoms with Crippen molar-refractivity contribution in [1.82, 2.24) is 0 Å². The van der Waals surface area contributed by atoms with Crippen LogP contribution >= 0.6 is 0 Å². The molecule has 0 aromatic heterocycles. The average molecular weight is 179 g/mol. The zero-order valence-electron chi connectivity index (χ0n) is 8.07. The number of carbonyl (C=O) groups is 1. The molecule has 70 valence electrons. The summed E-state index contributed by atoms with van der Waals surface area (Å²) in [5.41, 5.74) is 1.57. The normalized spacial score (nSPS) is 9.46. The molecule has 13 heavy (non-hydrogen) atoms. The highest BCUT2D eigenvalue weighted by molar-refractivity contribution is 5.81. The van der Waals surface area contributed by atoms with Gasteiger partial charge in [0.15, 0.2) is 6.29 Å². The molecular weight excluding hydrogens is 166 g/mol. The van der Waals surface area contributed by atoms with E-state index in [4.69, 9.17) is 4.74 Å². The largest absolute Gasteiger partial charge is 0.496 e. The van der Waals surface area contributed by atoms with Gasteiger partial charge in [0.1, 0.15) is 5.75 Å². The minimum absolute atomic E-state index is 0.578. The van der Waals surface area contributed by atoms with E-state index in [1.165, 1.54) is 0 Å². The molecule has 3 nitrogen and oxygen atoms in total. The van der Waals surface area contributed by atoms with Crippen molar-refractivity contribution in [3.63, 3.8) is 0 Å². The van der Waals surface area contributed by atoms with Crippen molar-refractivity contribution in [1.29, 1.82) is 0 Å². The molecule has 0 aliphatic rings. The van der Waals surface area contributed by atoms with Gasteiger partial charge in [0.2, 0.25) is 0 Å². The van der Waals surface area contributed by atoms with Crippen molar-refractivity contribution in [3.05, 3.63) is 23.8 Å². The molecular formula is C10H13NO2. The predicted octanol–water partition coefficient (Wildman–Crippen LogP) is 1.57. The number of benzene rings is 1. The van der Waals surface area contributed by atoms with Gasteiger partial charge in [0, 0.05) is 19.8 Å². The third kappa shape index (κ3) is 1.99. The van der Waals surface area contributed by atoms with E-state index in [2.05, 4.69) is 0 Å². The average Bonchev–Trinajstić information content (AvgIpc) is 2.16. The highest BCUT2D eigenvalue weighted by atomic mass is 16.5. The fraction of sp³-hybridized carbons (Fsp3) is 0.300. The van der Waals surface area contributed by atoms with E-state index in [1.807, 2.05) is 25.1 Å². The number of hydrogen-bond acceptors (Lipinski definition) is 3. The van der Waals surface area contributed by atoms with E-state index in [0.29, 0.717) is 11.3 Å². The van der Waals surface area contributed by atoms with Gasteiger partial charge < -0.3 is 9.64 Å². The molecule has 0 heterocycles. The standard InChI is InChI=1S/C10H13NO2/c1-11(2)9-4-5-10(13-3)8(6-9)7-12/h4-7H,1-3H3. The number of methoxy groups -OCH3 is 1. The van der Waals surface area contributed by atoms with Crippen molar-refractivity contribution in [2.24, 2.45) is 0 Å². The second-order valence-corrected chi connectivity index (χ2v) is 2.94. The zero-order chi connectivity index (χ0) is 9.84. The molecule has 1 aromatic carbocycles. The first-order chi connectivity index (χ1) is 6.19. The Labute approximate surface area is 77.9 Å². The highest BCUT2D eigenvalue weighted by Crippen LogP contribution is 2.22. The van der Waals surface area contributed by atoms with Gasteiger partial charge in [-0.25, -0.2) is 0 Å². The molecule has 0 aliphatic heterocycles. The van der Waals surface area contributed by atoms with Crippen LogP contribution in [-0.2, 0) is 0 Å². The van der Waals surface area contributed by atoms with Gasteiger partial charge in [-0.05, 0) is 18.2 Å². The number of aldehydes is 1. The minimum atomic E-state index is 0.578. The number of anilines is 1. The summed E-state index contributed by atoms with van der Waals surface area (Å²) in [7, 11) is 5.41. The van der Waals surface area contributed by atoms with Gasteiger partial charge in [-0.15, -0.1) is 0 Å². The summed E-state index contributed by atoms with van der Waals surface area (Å²) >= 11 is 0. The number of carbonyl (C=O) groups excluding carboxylic acids is 1. The van der Waals surface area contributed by atoms with Crippen LogP contribution in [0.3, 0.4) is 0 Å². The topological polar surface area (TPSA) is 29.5 Å². The van der Waals surface area contributed by atoms with Gasteiger partial charge in [0.05, 0.1) is 12.7 Å². The lowest BCUT2D eigenvalue weighted by Crippen LogP contribution is -2.08. The van der Waals surface area contributed by atoms with Crippen LogP contribution in [0.5, 0.6) is 5.75 Å². The van der Waals surface area contributed by atoms with Crippen LogP contribution in [0, 0.1) is 0 Å². The van der Waals surface area contributed by atoms with E-state index < -0.39 is 0 Å². The summed E-state index contributed by atoms with van der Waals surface area (Å²) in [6, 6.07) is 5.50. The molecule has 0 fully saturated rings. The Morgan fingerprint density at radius 1 is 1.38 bits per heavy atom. The molecule has 0 saturated carbocycles. The Bertz CT molecular complexity index is 308. The lowest BCUT2D eigenvalue weighted by atomic mass is 10.2. The lowest BCUT2D eigenvalue weighted by Gasteiger charge is -2.13. The Balaban J connectivity index is 3.13. The molecule has 1 aromatic rings. The Kier molecular flexibility index (Phi) is 2.90. The highest BCUT2D eigenvalue weighted by Gasteiger charge is 2.03. The van der Waals surface area contributed by atoms with Crippen molar-refractivity contribution in [3.8, 4) is 5.75 Å². The summed E-state index contributed by atoms with van der Waals surface area (Å²) in [5, 5.41) is 0. The number of hydrogen-bond donors (Lipinski definition) is 0. The molecule has 0 N–H and O–H groups in total. The number of rotatable bonds is 3. The Morgan fingerprint density at radius 3 is 2.54 bits per heavy atom. The summed E-state index contributed by atoms with van der Waals surface area (Å²) in [6.45, 7) is 0. The van der Waals surface area contributed by atoms with E-state index in [-0.39, 0.29) is 0 Å². The molecule has 0 spiro atoms. The second kappa shape index (κ2) is 3.94. The third-order valence-corrected chi connectivity index (χ3v) is 1.86. The van der Waals surface area contributed by atoms with E-state index in [9.17, 15) is 4.79 Å². The molecule has 0 saturated heterocycles. The van der Waals surface area contributed by atoms with E-state index in [1.54, 1.807) is 19.2 Å². The SMILES string of the molecule is COc1ccc(N(C)C)cc1C=O. The predicted molar refractivity (Wildman–Crippen MR) is 52.7 cm³/mol. The van der Waals surface area contributed by atoms with Crippen LogP contribution in [0.15, 0.2) is 18.2 Å². The fourth-order valence-corrected chi connectivity index (χ4v) is 1.09. The summed E-state index contributed by atoms with van der Waals surface area (Å²) in [6.07, 6.45) is 0.797. The molecule has 1 rings (SSSR count). The van der Waals surface area contributed by atoms with Crippen molar-refractivity contribution in [2.45, 2.75) is 0 Å². The van der Waals surface area contributed by atoms with Crippen LogP contribution in [0.25, 0.3) is 0 Å². The molecule has 3 heteroatoms. The summed E-state index contributed by atoms with van der Waals surface area (Å²) in [5.74, 6) is 0.612. The monoisotopic (exact) mass is 179 g/mol. The molecule has 0 radical (unpaired) electrons. The van der Waals surface area contributed by atoms with Gasteiger partial charge in [-0.2, -0.15) is 0 Å². The number of ether oxygens (including phenoxy) is 1. The van der Waals surface area contributed by atoms with E-state index >= 15 is 0 Å². The maximum atomic E-state index is 10.7. The first-order valence-electron chi connectivity index (χ1n) is 3.99. The maximum absolute atomic E-state index is 10.7. The molecule has 0 aliphatic carbocycles. The van der Waals surface area contributed by atoms with Crippen LogP contribution in [-0.4, -0.2) is 27.5 Å². The third-order valence-electron chi connectivity index (χ3n) is 1.86. The summed E-state index contributed by atoms with van der Waals surface area (Å²) in [4.78, 5) is 12.6. The minimum Gasteiger partial charge on any atom is -0.496 e. The van der Waals surface area contributed by atoms with Crippen molar-refractivity contribution in [2.75, 3.05) is 26.1 Å². The quantitative estimate of drug-likeness (QED) is 0.660. The fourth-order valence-electron chi connectivity index (χ4n) is 1.09. The lowest BCUT2D eigenvalue weighted by molar-refractivity contribution is 0.112. The smallest absolute Gasteiger partial charge is 0.153 e. The number of nitrogens with zero attached hydrogens (tertiary/aromatic N) is 1. The van der Waals surface area contributed by atoms with Gasteiger partial charge in [-0.1, -0.05) is 0 Å². The van der Waals surface area contributed by atoms with Crippen LogP contribution < -0.4 is 9.64 Å². The molecule has 0 bridgehead atoms. The Morgan fingerprint density at radius 2 is 2.08 bits per heavy atom. The molecule has 0 atom stereocenters. The van der Waals surface area contributed by atoms with Crippen LogP contribution in [0.4, 0.5) is 5.69 Å². The van der Waals surface area contributed by atoms with E-state index in [0.717, 1.165) is 12.0 Å². The van der Waals surface area contributed by atoms with Crippen molar-refractivity contribution >= 4 is 12.0 Å². The maximum Gasteiger partial charge on any atom is 0.153 e. The Hall–Kier alpha value is -1.51.